The van der Waals surface area contributed by atoms with Crippen molar-refractivity contribution < 1.29 is 5.11 Å². The topological polar surface area (TPSA) is 38.0 Å². The molecule has 0 aliphatic heterocycles. The highest BCUT2D eigenvalue weighted by molar-refractivity contribution is 8.00. The molecule has 3 nitrogen and oxygen atoms in total. The minimum atomic E-state index is -0.634. The fourth-order valence-corrected chi connectivity index (χ4v) is 4.41. The zero-order chi connectivity index (χ0) is 18.7. The van der Waals surface area contributed by atoms with E-state index >= 15 is 0 Å². The van der Waals surface area contributed by atoms with Crippen LogP contribution >= 0.6 is 23.5 Å². The molecule has 0 bridgehead atoms. The number of hydrogen-bond donors (Lipinski definition) is 1. The number of aliphatic hydroxyl groups is 1. The van der Waals surface area contributed by atoms with Crippen molar-refractivity contribution in [3.63, 3.8) is 0 Å². The van der Waals surface area contributed by atoms with Gasteiger partial charge in [0.1, 0.15) is 16.8 Å². The van der Waals surface area contributed by atoms with Gasteiger partial charge in [-0.1, -0.05) is 80.7 Å². The number of imidazole rings is 1. The molecule has 0 radical (unpaired) electrons. The Bertz CT molecular complexity index is 855. The summed E-state index contributed by atoms with van der Waals surface area (Å²) in [4.78, 5) is 7.09. The number of nitrogens with zero attached hydrogens (tertiary/aromatic N) is 2. The van der Waals surface area contributed by atoms with Crippen LogP contribution in [0.15, 0.2) is 80.6 Å². The third-order valence-corrected chi connectivity index (χ3v) is 6.26. The van der Waals surface area contributed by atoms with E-state index in [1.165, 1.54) is 0 Å². The number of aromatic nitrogens is 2. The molecule has 3 aromatic rings. The van der Waals surface area contributed by atoms with Crippen molar-refractivity contribution in [3.05, 3.63) is 66.4 Å². The van der Waals surface area contributed by atoms with E-state index in [2.05, 4.69) is 28.8 Å². The van der Waals surface area contributed by atoms with Crippen LogP contribution in [0.4, 0.5) is 0 Å². The maximum Gasteiger partial charge on any atom is 0.173 e. The number of benzene rings is 2. The van der Waals surface area contributed by atoms with Gasteiger partial charge in [0.05, 0.1) is 0 Å². The van der Waals surface area contributed by atoms with Gasteiger partial charge < -0.3 is 9.67 Å². The van der Waals surface area contributed by atoms with Crippen molar-refractivity contribution in [1.29, 1.82) is 0 Å². The van der Waals surface area contributed by atoms with E-state index in [1.807, 2.05) is 64.2 Å². The van der Waals surface area contributed by atoms with Crippen LogP contribution in [0.25, 0.3) is 0 Å². The predicted molar refractivity (Wildman–Crippen MR) is 109 cm³/mol. The van der Waals surface area contributed by atoms with Crippen molar-refractivity contribution in [2.45, 2.75) is 46.8 Å². The van der Waals surface area contributed by atoms with Gasteiger partial charge in [-0.2, -0.15) is 0 Å². The van der Waals surface area contributed by atoms with E-state index in [0.717, 1.165) is 25.7 Å². The Labute approximate surface area is 163 Å². The van der Waals surface area contributed by atoms with E-state index in [-0.39, 0.29) is 5.41 Å². The number of aliphatic hydroxyl groups excluding tert-OH is 1. The van der Waals surface area contributed by atoms with Crippen LogP contribution < -0.4 is 0 Å². The van der Waals surface area contributed by atoms with E-state index in [0.29, 0.717) is 0 Å². The minimum Gasteiger partial charge on any atom is -0.386 e. The van der Waals surface area contributed by atoms with E-state index in [9.17, 15) is 5.11 Å². The van der Waals surface area contributed by atoms with Gasteiger partial charge in [-0.3, -0.25) is 0 Å². The quantitative estimate of drug-likeness (QED) is 0.603. The van der Waals surface area contributed by atoms with Crippen LogP contribution in [-0.2, 0) is 7.05 Å². The Balaban J connectivity index is 2.02. The van der Waals surface area contributed by atoms with Crippen molar-refractivity contribution in [2.75, 3.05) is 0 Å². The average Bonchev–Trinajstić information content (AvgIpc) is 2.91. The first-order valence-corrected chi connectivity index (χ1v) is 10.2. The van der Waals surface area contributed by atoms with Crippen molar-refractivity contribution >= 4 is 23.5 Å². The standard InChI is InChI=1S/C21H24N2OS2/c1-21(2,3)18(24)17-19(25-15-11-7-5-8-12-15)23(4)20(22-17)26-16-13-9-6-10-14-16/h5-14,18,24H,1-4H3. The lowest BCUT2D eigenvalue weighted by atomic mass is 9.87. The Hall–Kier alpha value is -1.69. The number of hydrogen-bond acceptors (Lipinski definition) is 4. The third kappa shape index (κ3) is 4.34. The third-order valence-electron chi connectivity index (χ3n) is 4.02. The minimum absolute atomic E-state index is 0.283. The largest absolute Gasteiger partial charge is 0.386 e. The molecule has 1 N–H and O–H groups in total. The maximum atomic E-state index is 10.9. The summed E-state index contributed by atoms with van der Waals surface area (Å²) < 4.78 is 2.08. The maximum absolute atomic E-state index is 10.9. The first kappa shape index (κ1) is 19.1. The second-order valence-corrected chi connectivity index (χ2v) is 9.35. The van der Waals surface area contributed by atoms with Gasteiger partial charge in [0, 0.05) is 16.8 Å². The summed E-state index contributed by atoms with van der Waals surface area (Å²) in [6, 6.07) is 20.4. The molecular weight excluding hydrogens is 360 g/mol. The summed E-state index contributed by atoms with van der Waals surface area (Å²) in [5.41, 5.74) is 0.460. The monoisotopic (exact) mass is 384 g/mol. The molecule has 0 fully saturated rings. The SMILES string of the molecule is Cn1c(Sc2ccccc2)nc(C(O)C(C)(C)C)c1Sc1ccccc1. The lowest BCUT2D eigenvalue weighted by Crippen LogP contribution is -2.19. The van der Waals surface area contributed by atoms with E-state index in [1.54, 1.807) is 23.5 Å². The summed E-state index contributed by atoms with van der Waals surface area (Å²) in [5, 5.41) is 12.8. The summed E-state index contributed by atoms with van der Waals surface area (Å²) >= 11 is 3.26. The molecule has 5 heteroatoms. The lowest BCUT2D eigenvalue weighted by molar-refractivity contribution is 0.0565. The molecule has 1 aromatic heterocycles. The zero-order valence-corrected chi connectivity index (χ0v) is 17.1. The zero-order valence-electron chi connectivity index (χ0n) is 15.5. The molecule has 3 rings (SSSR count). The molecule has 136 valence electrons. The van der Waals surface area contributed by atoms with Gasteiger partial charge in [-0.15, -0.1) is 0 Å². The fourth-order valence-electron chi connectivity index (χ4n) is 2.48. The van der Waals surface area contributed by atoms with Gasteiger partial charge in [0.15, 0.2) is 5.16 Å². The Morgan fingerprint density at radius 3 is 1.88 bits per heavy atom. The van der Waals surface area contributed by atoms with Crippen LogP contribution in [-0.4, -0.2) is 14.7 Å². The summed E-state index contributed by atoms with van der Waals surface area (Å²) in [7, 11) is 2.02. The average molecular weight is 385 g/mol. The highest BCUT2D eigenvalue weighted by Crippen LogP contribution is 2.42. The predicted octanol–water partition coefficient (Wildman–Crippen LogP) is 5.80. The Kier molecular flexibility index (Phi) is 5.80. The Morgan fingerprint density at radius 2 is 1.38 bits per heavy atom. The van der Waals surface area contributed by atoms with Crippen molar-refractivity contribution in [2.24, 2.45) is 12.5 Å². The normalized spacial score (nSPS) is 13.0. The van der Waals surface area contributed by atoms with Crippen LogP contribution in [0.2, 0.25) is 0 Å². The van der Waals surface area contributed by atoms with Gasteiger partial charge in [-0.05, 0) is 29.7 Å². The molecule has 1 heterocycles. The van der Waals surface area contributed by atoms with Gasteiger partial charge in [-0.25, -0.2) is 4.98 Å². The number of rotatable bonds is 5. The molecule has 0 spiro atoms. The van der Waals surface area contributed by atoms with Crippen molar-refractivity contribution in [3.8, 4) is 0 Å². The summed E-state index contributed by atoms with van der Waals surface area (Å²) in [6.45, 7) is 6.11. The molecule has 26 heavy (non-hydrogen) atoms. The first-order valence-electron chi connectivity index (χ1n) is 8.57. The fraction of sp³-hybridized carbons (Fsp3) is 0.286. The van der Waals surface area contributed by atoms with Crippen LogP contribution in [0.1, 0.15) is 32.6 Å². The molecule has 1 unspecified atom stereocenters. The van der Waals surface area contributed by atoms with Gasteiger partial charge in [0.25, 0.3) is 0 Å². The second-order valence-electron chi connectivity index (χ2n) is 7.24. The molecule has 0 amide bonds. The molecule has 1 atom stereocenters. The van der Waals surface area contributed by atoms with Crippen LogP contribution in [0, 0.1) is 5.41 Å². The lowest BCUT2D eigenvalue weighted by Gasteiger charge is -2.25. The van der Waals surface area contributed by atoms with Crippen LogP contribution in [0.3, 0.4) is 0 Å². The smallest absolute Gasteiger partial charge is 0.173 e. The summed E-state index contributed by atoms with van der Waals surface area (Å²) in [5.74, 6) is 0. The Morgan fingerprint density at radius 1 is 0.885 bits per heavy atom. The summed E-state index contributed by atoms with van der Waals surface area (Å²) in [6.07, 6.45) is -0.634. The highest BCUT2D eigenvalue weighted by atomic mass is 32.2. The molecular formula is C21H24N2OS2. The second kappa shape index (κ2) is 7.91. The van der Waals surface area contributed by atoms with E-state index in [4.69, 9.17) is 4.98 Å². The van der Waals surface area contributed by atoms with Gasteiger partial charge >= 0.3 is 0 Å². The highest BCUT2D eigenvalue weighted by Gasteiger charge is 2.31. The molecule has 2 aromatic carbocycles. The first-order chi connectivity index (χ1) is 12.4. The van der Waals surface area contributed by atoms with E-state index < -0.39 is 6.10 Å². The molecule has 0 aliphatic rings. The van der Waals surface area contributed by atoms with Crippen LogP contribution in [0.5, 0.6) is 0 Å². The van der Waals surface area contributed by atoms with Crippen molar-refractivity contribution in [1.82, 2.24) is 9.55 Å². The molecule has 0 saturated heterocycles. The molecule has 0 aliphatic carbocycles. The molecule has 0 saturated carbocycles. The van der Waals surface area contributed by atoms with Gasteiger partial charge in [0.2, 0.25) is 0 Å².